The van der Waals surface area contributed by atoms with Crippen LogP contribution in [0.2, 0.25) is 10.0 Å². The first kappa shape index (κ1) is 11.5. The molecule has 2 rings (SSSR count). The highest BCUT2D eigenvalue weighted by atomic mass is 35.5. The highest BCUT2D eigenvalue weighted by molar-refractivity contribution is 6.40. The zero-order valence-electron chi connectivity index (χ0n) is 8.76. The van der Waals surface area contributed by atoms with Crippen LogP contribution in [0.1, 0.15) is 0 Å². The van der Waals surface area contributed by atoms with Crippen LogP contribution >= 0.6 is 23.2 Å². The summed E-state index contributed by atoms with van der Waals surface area (Å²) in [5.41, 5.74) is 0. The van der Waals surface area contributed by atoms with Crippen molar-refractivity contribution in [2.24, 2.45) is 0 Å². The number of hydrogen-bond donors (Lipinski definition) is 1. The largest absolute Gasteiger partial charge is 0.478 e. The van der Waals surface area contributed by atoms with Gasteiger partial charge >= 0.3 is 0 Å². The number of fused-ring (bicyclic) bond motifs is 1. The fourth-order valence-corrected chi connectivity index (χ4v) is 2.04. The zero-order chi connectivity index (χ0) is 11.5. The van der Waals surface area contributed by atoms with Crippen LogP contribution in [0, 0.1) is 0 Å². The van der Waals surface area contributed by atoms with E-state index in [1.54, 1.807) is 12.1 Å². The Balaban J connectivity index is 2.61. The van der Waals surface area contributed by atoms with E-state index >= 15 is 0 Å². The summed E-state index contributed by atoms with van der Waals surface area (Å²) in [7, 11) is 1.82. The van der Waals surface area contributed by atoms with E-state index in [0.717, 1.165) is 16.5 Å². The van der Waals surface area contributed by atoms with Crippen molar-refractivity contribution >= 4 is 34.0 Å². The lowest BCUT2D eigenvalue weighted by atomic mass is 10.1. The topological polar surface area (TPSA) is 21.3 Å². The van der Waals surface area contributed by atoms with Crippen LogP contribution in [0.4, 0.5) is 0 Å². The summed E-state index contributed by atoms with van der Waals surface area (Å²) < 4.78 is 5.55. The molecule has 16 heavy (non-hydrogen) atoms. The molecule has 0 saturated carbocycles. The quantitative estimate of drug-likeness (QED) is 0.845. The van der Waals surface area contributed by atoms with E-state index in [9.17, 15) is 0 Å². The van der Waals surface area contributed by atoms with E-state index in [1.807, 2.05) is 25.2 Å². The van der Waals surface area contributed by atoms with Crippen LogP contribution in [0.15, 0.2) is 30.3 Å². The maximum absolute atomic E-state index is 6.15. The van der Waals surface area contributed by atoms with E-state index < -0.39 is 0 Å². The number of halogens is 2. The van der Waals surface area contributed by atoms with E-state index in [4.69, 9.17) is 27.9 Å². The van der Waals surface area contributed by atoms with Gasteiger partial charge in [-0.3, -0.25) is 5.32 Å². The third-order valence-corrected chi connectivity index (χ3v) is 2.91. The highest BCUT2D eigenvalue weighted by Gasteiger charge is 2.08. The molecule has 0 saturated heterocycles. The molecule has 0 unspecified atom stereocenters. The Kier molecular flexibility index (Phi) is 3.54. The van der Waals surface area contributed by atoms with Crippen LogP contribution in [0.5, 0.6) is 5.75 Å². The molecule has 0 amide bonds. The van der Waals surface area contributed by atoms with Gasteiger partial charge < -0.3 is 4.74 Å². The van der Waals surface area contributed by atoms with Crippen molar-refractivity contribution in [2.45, 2.75) is 0 Å². The first-order valence-corrected chi connectivity index (χ1v) is 5.63. The van der Waals surface area contributed by atoms with Crippen molar-refractivity contribution in [1.29, 1.82) is 0 Å². The molecular weight excluding hydrogens is 245 g/mol. The molecule has 0 aromatic heterocycles. The summed E-state index contributed by atoms with van der Waals surface area (Å²) in [5, 5.41) is 6.00. The Morgan fingerprint density at radius 3 is 2.62 bits per heavy atom. The second-order valence-electron chi connectivity index (χ2n) is 3.35. The number of ether oxygens (including phenoxy) is 1. The molecule has 0 spiro atoms. The molecule has 2 nitrogen and oxygen atoms in total. The first-order chi connectivity index (χ1) is 7.74. The van der Waals surface area contributed by atoms with Gasteiger partial charge in [-0.25, -0.2) is 0 Å². The van der Waals surface area contributed by atoms with E-state index in [1.165, 1.54) is 0 Å². The van der Waals surface area contributed by atoms with Gasteiger partial charge in [0.05, 0.1) is 5.02 Å². The molecule has 0 aliphatic rings. The summed E-state index contributed by atoms with van der Waals surface area (Å²) in [6.07, 6.45) is 0. The van der Waals surface area contributed by atoms with Gasteiger partial charge in [0.15, 0.2) is 0 Å². The van der Waals surface area contributed by atoms with Gasteiger partial charge in [-0.15, -0.1) is 0 Å². The molecule has 2 aromatic rings. The maximum atomic E-state index is 6.15. The molecule has 0 atom stereocenters. The Bertz CT molecular complexity index is 514. The molecular formula is C12H11Cl2NO. The SMILES string of the molecule is CNCOc1cccc2c(Cl)ccc(Cl)c12. The van der Waals surface area contributed by atoms with Crippen molar-refractivity contribution in [2.75, 3.05) is 13.8 Å². The Labute approximate surface area is 104 Å². The van der Waals surface area contributed by atoms with Crippen LogP contribution in [-0.4, -0.2) is 13.8 Å². The van der Waals surface area contributed by atoms with Crippen molar-refractivity contribution < 1.29 is 4.74 Å². The third-order valence-electron chi connectivity index (χ3n) is 2.27. The van der Waals surface area contributed by atoms with E-state index in [2.05, 4.69) is 5.32 Å². The van der Waals surface area contributed by atoms with Gasteiger partial charge in [0.2, 0.25) is 0 Å². The molecule has 0 radical (unpaired) electrons. The summed E-state index contributed by atoms with van der Waals surface area (Å²) >= 11 is 12.3. The summed E-state index contributed by atoms with van der Waals surface area (Å²) in [5.74, 6) is 0.736. The van der Waals surface area contributed by atoms with Crippen molar-refractivity contribution in [3.63, 3.8) is 0 Å². The lowest BCUT2D eigenvalue weighted by molar-refractivity contribution is 0.299. The van der Waals surface area contributed by atoms with Gasteiger partial charge in [-0.1, -0.05) is 35.3 Å². The minimum atomic E-state index is 0.432. The second-order valence-corrected chi connectivity index (χ2v) is 4.16. The third kappa shape index (κ3) is 2.09. The monoisotopic (exact) mass is 255 g/mol. The van der Waals surface area contributed by atoms with Gasteiger partial charge in [0.1, 0.15) is 12.5 Å². The van der Waals surface area contributed by atoms with Gasteiger partial charge in [0.25, 0.3) is 0 Å². The minimum Gasteiger partial charge on any atom is -0.478 e. The van der Waals surface area contributed by atoms with Crippen molar-refractivity contribution in [3.05, 3.63) is 40.4 Å². The van der Waals surface area contributed by atoms with E-state index in [-0.39, 0.29) is 0 Å². The van der Waals surface area contributed by atoms with Crippen molar-refractivity contribution in [1.82, 2.24) is 5.32 Å². The number of nitrogens with one attached hydrogen (secondary N) is 1. The fraction of sp³-hybridized carbons (Fsp3) is 0.167. The second kappa shape index (κ2) is 4.91. The molecule has 0 fully saturated rings. The molecule has 0 heterocycles. The number of benzene rings is 2. The average molecular weight is 256 g/mol. The smallest absolute Gasteiger partial charge is 0.139 e. The van der Waals surface area contributed by atoms with Crippen LogP contribution in [-0.2, 0) is 0 Å². The Morgan fingerprint density at radius 2 is 1.88 bits per heavy atom. The normalized spacial score (nSPS) is 10.7. The molecule has 4 heteroatoms. The molecule has 2 aromatic carbocycles. The minimum absolute atomic E-state index is 0.432. The average Bonchev–Trinajstić information content (AvgIpc) is 2.31. The van der Waals surface area contributed by atoms with Crippen LogP contribution in [0.3, 0.4) is 0 Å². The summed E-state index contributed by atoms with van der Waals surface area (Å²) in [6.45, 7) is 0.432. The molecule has 0 aliphatic carbocycles. The van der Waals surface area contributed by atoms with Crippen LogP contribution in [0.25, 0.3) is 10.8 Å². The predicted molar refractivity (Wildman–Crippen MR) is 68.5 cm³/mol. The predicted octanol–water partition coefficient (Wildman–Crippen LogP) is 3.70. The lowest BCUT2D eigenvalue weighted by Crippen LogP contribution is -2.14. The van der Waals surface area contributed by atoms with Crippen LogP contribution < -0.4 is 10.1 Å². The van der Waals surface area contributed by atoms with Gasteiger partial charge in [-0.05, 0) is 25.2 Å². The summed E-state index contributed by atoms with van der Waals surface area (Å²) in [4.78, 5) is 0. The molecule has 0 bridgehead atoms. The maximum Gasteiger partial charge on any atom is 0.139 e. The summed E-state index contributed by atoms with van der Waals surface area (Å²) in [6, 6.07) is 9.26. The lowest BCUT2D eigenvalue weighted by Gasteiger charge is -2.10. The standard InChI is InChI=1S/C12H11Cl2NO/c1-15-7-16-11-4-2-3-8-9(13)5-6-10(14)12(8)11/h2-6,15H,7H2,1H3. The Morgan fingerprint density at radius 1 is 1.12 bits per heavy atom. The molecule has 84 valence electrons. The van der Waals surface area contributed by atoms with Gasteiger partial charge in [0, 0.05) is 15.8 Å². The van der Waals surface area contributed by atoms with E-state index in [0.29, 0.717) is 16.8 Å². The fourth-order valence-electron chi connectivity index (χ4n) is 1.57. The molecule has 1 N–H and O–H groups in total. The van der Waals surface area contributed by atoms with Crippen molar-refractivity contribution in [3.8, 4) is 5.75 Å². The number of rotatable bonds is 3. The van der Waals surface area contributed by atoms with Gasteiger partial charge in [-0.2, -0.15) is 0 Å². The Hall–Kier alpha value is -0.960. The molecule has 0 aliphatic heterocycles. The zero-order valence-corrected chi connectivity index (χ0v) is 10.3. The number of hydrogen-bond acceptors (Lipinski definition) is 2. The first-order valence-electron chi connectivity index (χ1n) is 4.88. The highest BCUT2D eigenvalue weighted by Crippen LogP contribution is 2.35.